The molecule has 0 bridgehead atoms. The van der Waals surface area contributed by atoms with E-state index in [4.69, 9.17) is 0 Å². The van der Waals surface area contributed by atoms with Crippen LogP contribution in [0.2, 0.25) is 0 Å². The van der Waals surface area contributed by atoms with Crippen LogP contribution in [0.3, 0.4) is 0 Å². The summed E-state index contributed by atoms with van der Waals surface area (Å²) in [6.07, 6.45) is 2.31. The molecule has 6 heteroatoms. The minimum absolute atomic E-state index is 0.0600. The molecule has 160 valence electrons. The fraction of sp³-hybridized carbons (Fsp3) is 0.417. The molecule has 1 heterocycles. The first kappa shape index (κ1) is 22.0. The molecule has 5 nitrogen and oxygen atoms in total. The summed E-state index contributed by atoms with van der Waals surface area (Å²) in [7, 11) is 0. The molecule has 0 aliphatic carbocycles. The van der Waals surface area contributed by atoms with Gasteiger partial charge in [0.25, 0.3) is 5.91 Å². The molecule has 2 atom stereocenters. The van der Waals surface area contributed by atoms with Crippen molar-refractivity contribution in [1.29, 1.82) is 0 Å². The smallest absolute Gasteiger partial charge is 0.254 e. The molecule has 1 fully saturated rings. The zero-order valence-electron chi connectivity index (χ0n) is 17.6. The molecule has 0 saturated carbocycles. The van der Waals surface area contributed by atoms with E-state index in [0.29, 0.717) is 6.54 Å². The predicted molar refractivity (Wildman–Crippen MR) is 115 cm³/mol. The second-order valence-corrected chi connectivity index (χ2v) is 8.09. The molecule has 2 aromatic rings. The van der Waals surface area contributed by atoms with E-state index >= 15 is 0 Å². The number of amides is 2. The van der Waals surface area contributed by atoms with Crippen LogP contribution in [0.15, 0.2) is 54.6 Å². The van der Waals surface area contributed by atoms with Gasteiger partial charge in [-0.1, -0.05) is 56.3 Å². The van der Waals surface area contributed by atoms with E-state index in [1.807, 2.05) is 32.0 Å². The van der Waals surface area contributed by atoms with Gasteiger partial charge in [-0.2, -0.15) is 0 Å². The first-order valence-corrected chi connectivity index (χ1v) is 10.6. The van der Waals surface area contributed by atoms with Crippen molar-refractivity contribution in [1.82, 2.24) is 15.5 Å². The van der Waals surface area contributed by atoms with Crippen molar-refractivity contribution in [2.75, 3.05) is 19.6 Å². The zero-order chi connectivity index (χ0) is 21.5. The molecule has 1 aliphatic heterocycles. The largest absolute Gasteiger partial charge is 0.352 e. The number of benzene rings is 2. The highest BCUT2D eigenvalue weighted by Crippen LogP contribution is 2.24. The van der Waals surface area contributed by atoms with Gasteiger partial charge in [-0.3, -0.25) is 14.5 Å². The van der Waals surface area contributed by atoms with E-state index in [1.54, 1.807) is 6.07 Å². The fourth-order valence-corrected chi connectivity index (χ4v) is 3.89. The van der Waals surface area contributed by atoms with E-state index < -0.39 is 17.8 Å². The van der Waals surface area contributed by atoms with Gasteiger partial charge < -0.3 is 10.6 Å². The number of hydrogen-bond acceptors (Lipinski definition) is 3. The lowest BCUT2D eigenvalue weighted by Crippen LogP contribution is -2.51. The van der Waals surface area contributed by atoms with Gasteiger partial charge in [0, 0.05) is 6.54 Å². The summed E-state index contributed by atoms with van der Waals surface area (Å²) in [5, 5.41) is 5.72. The number of hydrogen-bond donors (Lipinski definition) is 2. The number of carbonyl (C=O) groups excluding carboxylic acids is 2. The summed E-state index contributed by atoms with van der Waals surface area (Å²) in [5.74, 6) is -1.57. The monoisotopic (exact) mass is 411 g/mol. The number of rotatable bonds is 8. The third-order valence-electron chi connectivity index (χ3n) is 5.59. The highest BCUT2D eigenvalue weighted by atomic mass is 19.1. The Morgan fingerprint density at radius 3 is 2.27 bits per heavy atom. The Morgan fingerprint density at radius 1 is 1.00 bits per heavy atom. The SMILES string of the molecule is CC(C)C(NC(=O)c1ccccc1F)C(=O)NCC(c1ccccc1)N1CCCC1. The van der Waals surface area contributed by atoms with E-state index in [1.165, 1.54) is 18.2 Å². The predicted octanol–water partition coefficient (Wildman–Crippen LogP) is 3.53. The van der Waals surface area contributed by atoms with Crippen molar-refractivity contribution in [3.8, 4) is 0 Å². The van der Waals surface area contributed by atoms with Crippen LogP contribution in [0.1, 0.15) is 48.7 Å². The third-order valence-corrected chi connectivity index (χ3v) is 5.59. The van der Waals surface area contributed by atoms with E-state index in [0.717, 1.165) is 31.5 Å². The van der Waals surface area contributed by atoms with Gasteiger partial charge in [-0.05, 0) is 49.5 Å². The molecule has 2 N–H and O–H groups in total. The maximum atomic E-state index is 13.9. The van der Waals surface area contributed by atoms with Crippen LogP contribution >= 0.6 is 0 Å². The molecule has 1 aliphatic rings. The third kappa shape index (κ3) is 5.45. The highest BCUT2D eigenvalue weighted by molar-refractivity contribution is 5.97. The Labute approximate surface area is 177 Å². The van der Waals surface area contributed by atoms with Crippen LogP contribution < -0.4 is 10.6 Å². The van der Waals surface area contributed by atoms with Gasteiger partial charge in [-0.25, -0.2) is 4.39 Å². The number of nitrogens with zero attached hydrogens (tertiary/aromatic N) is 1. The molecular weight excluding hydrogens is 381 g/mol. The van der Waals surface area contributed by atoms with Crippen molar-refractivity contribution in [2.24, 2.45) is 5.92 Å². The first-order chi connectivity index (χ1) is 14.5. The van der Waals surface area contributed by atoms with Gasteiger partial charge in [0.05, 0.1) is 11.6 Å². The maximum Gasteiger partial charge on any atom is 0.254 e. The van der Waals surface area contributed by atoms with Gasteiger partial charge in [0.2, 0.25) is 5.91 Å². The van der Waals surface area contributed by atoms with Crippen molar-refractivity contribution in [3.63, 3.8) is 0 Å². The topological polar surface area (TPSA) is 61.4 Å². The lowest BCUT2D eigenvalue weighted by atomic mass is 10.0. The summed E-state index contributed by atoms with van der Waals surface area (Å²) >= 11 is 0. The second-order valence-electron chi connectivity index (χ2n) is 8.09. The average molecular weight is 412 g/mol. The van der Waals surface area contributed by atoms with E-state index in [9.17, 15) is 14.0 Å². The van der Waals surface area contributed by atoms with Gasteiger partial charge in [0.1, 0.15) is 11.9 Å². The molecule has 0 aromatic heterocycles. The Balaban J connectivity index is 1.68. The number of carbonyl (C=O) groups is 2. The standard InChI is InChI=1S/C24H30FN3O2/c1-17(2)22(27-23(29)19-12-6-7-13-20(19)25)24(30)26-16-21(28-14-8-9-15-28)18-10-4-3-5-11-18/h3-7,10-13,17,21-22H,8-9,14-16H2,1-2H3,(H,26,30)(H,27,29). The van der Waals surface area contributed by atoms with Crippen LogP contribution in [0.25, 0.3) is 0 Å². The molecule has 2 amide bonds. The lowest BCUT2D eigenvalue weighted by Gasteiger charge is -2.29. The van der Waals surface area contributed by atoms with E-state index in [2.05, 4.69) is 27.7 Å². The molecule has 0 spiro atoms. The molecule has 2 aromatic carbocycles. The van der Waals surface area contributed by atoms with Gasteiger partial charge >= 0.3 is 0 Å². The maximum absolute atomic E-state index is 13.9. The summed E-state index contributed by atoms with van der Waals surface area (Å²) < 4.78 is 13.9. The normalized spacial score (nSPS) is 16.3. The number of halogens is 1. The quantitative estimate of drug-likeness (QED) is 0.699. The first-order valence-electron chi connectivity index (χ1n) is 10.6. The van der Waals surface area contributed by atoms with Crippen LogP contribution in [-0.4, -0.2) is 42.4 Å². The minimum atomic E-state index is -0.743. The Kier molecular flexibility index (Phi) is 7.57. The number of nitrogens with one attached hydrogen (secondary N) is 2. The van der Waals surface area contributed by atoms with Gasteiger partial charge in [-0.15, -0.1) is 0 Å². The van der Waals surface area contributed by atoms with Crippen LogP contribution in [-0.2, 0) is 4.79 Å². The average Bonchev–Trinajstić information content (AvgIpc) is 3.27. The molecule has 30 heavy (non-hydrogen) atoms. The van der Waals surface area contributed by atoms with Crippen LogP contribution in [0, 0.1) is 11.7 Å². The van der Waals surface area contributed by atoms with Crippen molar-refractivity contribution >= 4 is 11.8 Å². The lowest BCUT2D eigenvalue weighted by molar-refractivity contribution is -0.124. The highest BCUT2D eigenvalue weighted by Gasteiger charge is 2.28. The zero-order valence-corrected chi connectivity index (χ0v) is 17.6. The Hall–Kier alpha value is -2.73. The van der Waals surface area contributed by atoms with E-state index in [-0.39, 0.29) is 23.4 Å². The van der Waals surface area contributed by atoms with Crippen molar-refractivity contribution < 1.29 is 14.0 Å². The molecular formula is C24H30FN3O2. The van der Waals surface area contributed by atoms with Crippen LogP contribution in [0.5, 0.6) is 0 Å². The molecule has 3 rings (SSSR count). The summed E-state index contributed by atoms with van der Waals surface area (Å²) in [5.41, 5.74) is 1.10. The summed E-state index contributed by atoms with van der Waals surface area (Å²) in [6, 6.07) is 15.3. The van der Waals surface area contributed by atoms with Crippen molar-refractivity contribution in [3.05, 3.63) is 71.5 Å². The minimum Gasteiger partial charge on any atom is -0.352 e. The number of likely N-dealkylation sites (tertiary alicyclic amines) is 1. The molecule has 0 radical (unpaired) electrons. The van der Waals surface area contributed by atoms with Crippen LogP contribution in [0.4, 0.5) is 4.39 Å². The Bertz CT molecular complexity index is 851. The second kappa shape index (κ2) is 10.3. The van der Waals surface area contributed by atoms with Crippen molar-refractivity contribution in [2.45, 2.75) is 38.8 Å². The van der Waals surface area contributed by atoms with Gasteiger partial charge in [0.15, 0.2) is 0 Å². The fourth-order valence-electron chi connectivity index (χ4n) is 3.89. The molecule has 2 unspecified atom stereocenters. The summed E-state index contributed by atoms with van der Waals surface area (Å²) in [6.45, 7) is 6.20. The molecule has 1 saturated heterocycles. The summed E-state index contributed by atoms with van der Waals surface area (Å²) in [4.78, 5) is 27.9. The Morgan fingerprint density at radius 2 is 1.63 bits per heavy atom.